The summed E-state index contributed by atoms with van der Waals surface area (Å²) >= 11 is 0. The lowest BCUT2D eigenvalue weighted by Gasteiger charge is -2.48. The molecule has 0 saturated carbocycles. The second-order valence-electron chi connectivity index (χ2n) is 11.2. The highest BCUT2D eigenvalue weighted by Crippen LogP contribution is 2.49. The van der Waals surface area contributed by atoms with E-state index in [-0.39, 0.29) is 36.1 Å². The van der Waals surface area contributed by atoms with Crippen molar-refractivity contribution in [3.8, 4) is 0 Å². The van der Waals surface area contributed by atoms with E-state index in [1.807, 2.05) is 12.1 Å². The van der Waals surface area contributed by atoms with Crippen LogP contribution in [0.3, 0.4) is 0 Å². The number of alkyl halides is 3. The van der Waals surface area contributed by atoms with Crippen LogP contribution in [0.25, 0.3) is 0 Å². The van der Waals surface area contributed by atoms with Crippen LogP contribution in [0.15, 0.2) is 103 Å². The Balaban J connectivity index is 1.23. The number of hydrogen-bond donors (Lipinski definition) is 2. The van der Waals surface area contributed by atoms with E-state index < -0.39 is 11.7 Å². The molecule has 2 unspecified atom stereocenters. The van der Waals surface area contributed by atoms with E-state index in [1.54, 1.807) is 6.07 Å². The van der Waals surface area contributed by atoms with Gasteiger partial charge in [0.15, 0.2) is 0 Å². The van der Waals surface area contributed by atoms with E-state index in [0.717, 1.165) is 31.4 Å². The quantitative estimate of drug-likeness (QED) is 0.316. The van der Waals surface area contributed by atoms with Crippen LogP contribution in [0.2, 0.25) is 0 Å². The number of hydrogen-bond acceptors (Lipinski definition) is 3. The summed E-state index contributed by atoms with van der Waals surface area (Å²) in [4.78, 5) is 0. The molecule has 0 spiro atoms. The van der Waals surface area contributed by atoms with Gasteiger partial charge in [0, 0.05) is 41.7 Å². The third-order valence-electron chi connectivity index (χ3n) is 8.57. The second-order valence-corrected chi connectivity index (χ2v) is 11.2. The number of ether oxygens (including phenoxy) is 1. The molecule has 2 heterocycles. The Kier molecular flexibility index (Phi) is 7.81. The molecule has 6 heteroatoms. The van der Waals surface area contributed by atoms with Crippen LogP contribution in [-0.4, -0.2) is 18.7 Å². The highest BCUT2D eigenvalue weighted by Gasteiger charge is 2.45. The van der Waals surface area contributed by atoms with Crippen molar-refractivity contribution in [3.05, 3.63) is 125 Å². The van der Waals surface area contributed by atoms with E-state index in [9.17, 15) is 13.2 Å². The van der Waals surface area contributed by atoms with Gasteiger partial charge >= 0.3 is 6.18 Å². The molecule has 40 heavy (non-hydrogen) atoms. The fraction of sp³-hybridized carbons (Fsp3) is 0.353. The summed E-state index contributed by atoms with van der Waals surface area (Å²) < 4.78 is 47.8. The third kappa shape index (κ3) is 5.89. The van der Waals surface area contributed by atoms with Crippen LogP contribution < -0.4 is 10.6 Å². The molecule has 1 fully saturated rings. The van der Waals surface area contributed by atoms with Crippen molar-refractivity contribution in [1.82, 2.24) is 5.32 Å². The molecule has 0 radical (unpaired) electrons. The van der Waals surface area contributed by atoms with Crippen molar-refractivity contribution in [2.75, 3.05) is 11.9 Å². The van der Waals surface area contributed by atoms with Gasteiger partial charge < -0.3 is 15.4 Å². The summed E-state index contributed by atoms with van der Waals surface area (Å²) in [6, 6.07) is 25.1. The Morgan fingerprint density at radius 2 is 1.70 bits per heavy atom. The van der Waals surface area contributed by atoms with E-state index >= 15 is 0 Å². The number of fused-ring (bicyclic) bond motifs is 3. The van der Waals surface area contributed by atoms with Crippen LogP contribution >= 0.6 is 0 Å². The number of benzene rings is 3. The molecule has 3 aromatic carbocycles. The minimum atomic E-state index is -4.39. The first-order valence-electron chi connectivity index (χ1n) is 14.2. The monoisotopic (exact) mass is 544 g/mol. The lowest BCUT2D eigenvalue weighted by atomic mass is 9.73. The molecule has 0 aromatic heterocycles. The maximum absolute atomic E-state index is 13.7. The summed E-state index contributed by atoms with van der Waals surface area (Å²) in [5.41, 5.74) is 3.21. The smallest absolute Gasteiger partial charge is 0.381 e. The standard InChI is InChI=1S/C34H35F3N2O/c35-34(36,37)26-16-19-30-29(21-26)33-28(32(39-30)25-14-8-3-9-15-25)18-17-27(40-33)22-38-31(24-12-6-2-7-13-24)20-23-10-4-1-5-11-23/h1-14,16,19,21,25,27-28,31-33,38-39H,15,17-18,20,22H2/t25?,27-,28+,31?,32+,33+/m1/s1. The Hall–Kier alpha value is -3.35. The molecule has 6 rings (SSSR count). The largest absolute Gasteiger partial charge is 0.416 e. The van der Waals surface area contributed by atoms with Gasteiger partial charge in [0.1, 0.15) is 0 Å². The number of halogens is 3. The lowest BCUT2D eigenvalue weighted by Crippen LogP contribution is -2.48. The predicted molar refractivity (Wildman–Crippen MR) is 153 cm³/mol. The summed E-state index contributed by atoms with van der Waals surface area (Å²) in [6.07, 6.45) is 7.14. The molecular formula is C34H35F3N2O. The van der Waals surface area contributed by atoms with Gasteiger partial charge in [-0.1, -0.05) is 85.0 Å². The van der Waals surface area contributed by atoms with Gasteiger partial charge in [-0.05, 0) is 55.0 Å². The number of nitrogens with one attached hydrogen (secondary N) is 2. The zero-order valence-electron chi connectivity index (χ0n) is 22.4. The molecule has 2 N–H and O–H groups in total. The number of rotatable bonds is 7. The van der Waals surface area contributed by atoms with Crippen LogP contribution in [0, 0.1) is 11.8 Å². The topological polar surface area (TPSA) is 33.3 Å². The Labute approximate surface area is 234 Å². The molecule has 2 aliphatic heterocycles. The van der Waals surface area contributed by atoms with Gasteiger partial charge in [-0.15, -0.1) is 0 Å². The molecule has 3 aromatic rings. The number of allylic oxidation sites excluding steroid dienone is 3. The van der Waals surface area contributed by atoms with Crippen LogP contribution in [0.4, 0.5) is 18.9 Å². The highest BCUT2D eigenvalue weighted by atomic mass is 19.4. The third-order valence-corrected chi connectivity index (χ3v) is 8.57. The molecule has 1 aliphatic carbocycles. The average molecular weight is 545 g/mol. The zero-order chi connectivity index (χ0) is 27.5. The van der Waals surface area contributed by atoms with Crippen LogP contribution in [-0.2, 0) is 17.3 Å². The minimum Gasteiger partial charge on any atom is -0.381 e. The normalized spacial score (nSPS) is 26.4. The van der Waals surface area contributed by atoms with Gasteiger partial charge in [-0.3, -0.25) is 0 Å². The first-order valence-corrected chi connectivity index (χ1v) is 14.2. The first-order chi connectivity index (χ1) is 19.5. The van der Waals surface area contributed by atoms with Crippen LogP contribution in [0.1, 0.15) is 53.7 Å². The zero-order valence-corrected chi connectivity index (χ0v) is 22.4. The van der Waals surface area contributed by atoms with Crippen LogP contribution in [0.5, 0.6) is 0 Å². The molecule has 3 nitrogen and oxygen atoms in total. The highest BCUT2D eigenvalue weighted by molar-refractivity contribution is 5.58. The summed E-state index contributed by atoms with van der Waals surface area (Å²) in [6.45, 7) is 0.633. The predicted octanol–water partition coefficient (Wildman–Crippen LogP) is 8.04. The lowest BCUT2D eigenvalue weighted by molar-refractivity contribution is -0.138. The van der Waals surface area contributed by atoms with E-state index in [0.29, 0.717) is 12.1 Å². The van der Waals surface area contributed by atoms with Crippen molar-refractivity contribution in [3.63, 3.8) is 0 Å². The molecule has 208 valence electrons. The SMILES string of the molecule is FC(F)(F)c1ccc2c(c1)[C@H]1O[C@@H](CNC(Cc3ccccc3)c3ccccc3)CC[C@H]1[C@H](C1C=CC=CC1)N2. The van der Waals surface area contributed by atoms with Crippen molar-refractivity contribution in [2.24, 2.45) is 11.8 Å². The summed E-state index contributed by atoms with van der Waals surface area (Å²) in [5.74, 6) is 0.377. The first kappa shape index (κ1) is 26.9. The minimum absolute atomic E-state index is 0.0915. The molecule has 6 atom stereocenters. The van der Waals surface area contributed by atoms with Gasteiger partial charge in [0.25, 0.3) is 0 Å². The maximum atomic E-state index is 13.7. The second kappa shape index (κ2) is 11.6. The molecule has 3 aliphatic rings. The van der Waals surface area contributed by atoms with Crippen molar-refractivity contribution < 1.29 is 17.9 Å². The van der Waals surface area contributed by atoms with Crippen molar-refractivity contribution >= 4 is 5.69 Å². The van der Waals surface area contributed by atoms with Crippen molar-refractivity contribution in [2.45, 2.75) is 56.2 Å². The Bertz CT molecular complexity index is 1340. The molecule has 0 bridgehead atoms. The van der Waals surface area contributed by atoms with E-state index in [1.165, 1.54) is 23.3 Å². The maximum Gasteiger partial charge on any atom is 0.416 e. The van der Waals surface area contributed by atoms with Crippen molar-refractivity contribution in [1.29, 1.82) is 0 Å². The summed E-state index contributed by atoms with van der Waals surface area (Å²) in [5, 5.41) is 7.35. The van der Waals surface area contributed by atoms with E-state index in [2.05, 4.69) is 83.5 Å². The fourth-order valence-electron chi connectivity index (χ4n) is 6.53. The summed E-state index contributed by atoms with van der Waals surface area (Å²) in [7, 11) is 0. The van der Waals surface area contributed by atoms with Gasteiger partial charge in [0.05, 0.1) is 17.8 Å². The molecule has 0 amide bonds. The van der Waals surface area contributed by atoms with Gasteiger partial charge in [0.2, 0.25) is 0 Å². The Morgan fingerprint density at radius 1 is 0.925 bits per heavy atom. The van der Waals surface area contributed by atoms with Gasteiger partial charge in [-0.2, -0.15) is 13.2 Å². The van der Waals surface area contributed by atoms with E-state index in [4.69, 9.17) is 4.74 Å². The van der Waals surface area contributed by atoms with Gasteiger partial charge in [-0.25, -0.2) is 0 Å². The Morgan fingerprint density at radius 3 is 2.42 bits per heavy atom. The average Bonchev–Trinajstić information content (AvgIpc) is 2.99. The number of anilines is 1. The molecule has 1 saturated heterocycles. The fourth-order valence-corrected chi connectivity index (χ4v) is 6.53. The molecular weight excluding hydrogens is 509 g/mol.